The fraction of sp³-hybridized carbons (Fsp3) is 0.526. The van der Waals surface area contributed by atoms with E-state index in [4.69, 9.17) is 4.74 Å². The van der Waals surface area contributed by atoms with Crippen molar-refractivity contribution in [3.8, 4) is 0 Å². The molecule has 0 aliphatic heterocycles. The molecule has 0 heterocycles. The smallest absolute Gasteiger partial charge is 0.328 e. The Hall–Kier alpha value is -2.37. The molecule has 1 saturated carbocycles. The average molecular weight is 347 g/mol. The summed E-state index contributed by atoms with van der Waals surface area (Å²) < 4.78 is 9.38. The predicted octanol–water partition coefficient (Wildman–Crippen LogP) is 2.11. The summed E-state index contributed by atoms with van der Waals surface area (Å²) in [4.78, 5) is 36.5. The first-order chi connectivity index (χ1) is 12.0. The molecular weight excluding hydrogens is 322 g/mol. The summed E-state index contributed by atoms with van der Waals surface area (Å²) in [5.41, 5.74) is 0.334. The van der Waals surface area contributed by atoms with Gasteiger partial charge in [0.2, 0.25) is 5.91 Å². The van der Waals surface area contributed by atoms with Crippen molar-refractivity contribution in [3.63, 3.8) is 0 Å². The quantitative estimate of drug-likeness (QED) is 0.764. The molecule has 0 bridgehead atoms. The van der Waals surface area contributed by atoms with Crippen molar-refractivity contribution < 1.29 is 23.9 Å². The van der Waals surface area contributed by atoms with Crippen molar-refractivity contribution >= 4 is 17.8 Å². The minimum atomic E-state index is -0.863. The van der Waals surface area contributed by atoms with E-state index in [0.717, 1.165) is 31.2 Å². The summed E-state index contributed by atoms with van der Waals surface area (Å²) >= 11 is 0. The van der Waals surface area contributed by atoms with Gasteiger partial charge in [-0.2, -0.15) is 0 Å². The van der Waals surface area contributed by atoms with Crippen molar-refractivity contribution in [1.29, 1.82) is 0 Å². The van der Waals surface area contributed by atoms with Gasteiger partial charge < -0.3 is 14.8 Å². The largest absolute Gasteiger partial charge is 0.469 e. The van der Waals surface area contributed by atoms with E-state index in [1.165, 1.54) is 14.2 Å². The van der Waals surface area contributed by atoms with Crippen molar-refractivity contribution in [2.24, 2.45) is 0 Å². The maximum atomic E-state index is 13.1. The highest BCUT2D eigenvalue weighted by atomic mass is 16.5. The second kappa shape index (κ2) is 8.65. The zero-order valence-electron chi connectivity index (χ0n) is 14.7. The Morgan fingerprint density at radius 3 is 2.28 bits per heavy atom. The minimum Gasteiger partial charge on any atom is -0.469 e. The molecule has 1 aliphatic rings. The van der Waals surface area contributed by atoms with Crippen LogP contribution in [-0.2, 0) is 29.3 Å². The first-order valence-corrected chi connectivity index (χ1v) is 8.54. The average Bonchev–Trinajstić information content (AvgIpc) is 3.15. The number of rotatable bonds is 7. The number of carbonyl (C=O) groups excluding carboxylic acids is 3. The molecule has 1 aromatic rings. The highest BCUT2D eigenvalue weighted by Gasteiger charge is 2.43. The van der Waals surface area contributed by atoms with Gasteiger partial charge in [0, 0.05) is 6.42 Å². The van der Waals surface area contributed by atoms with Gasteiger partial charge >= 0.3 is 11.9 Å². The molecule has 1 fully saturated rings. The van der Waals surface area contributed by atoms with Gasteiger partial charge in [-0.15, -0.1) is 0 Å². The molecule has 0 unspecified atom stereocenters. The van der Waals surface area contributed by atoms with Crippen LogP contribution in [0, 0.1) is 0 Å². The Morgan fingerprint density at radius 1 is 1.08 bits per heavy atom. The summed E-state index contributed by atoms with van der Waals surface area (Å²) in [7, 11) is 2.55. The van der Waals surface area contributed by atoms with Gasteiger partial charge in [0.25, 0.3) is 0 Å². The normalized spacial score (nSPS) is 16.7. The number of benzene rings is 1. The molecule has 136 valence electrons. The Labute approximate surface area is 147 Å². The van der Waals surface area contributed by atoms with Crippen LogP contribution in [0.25, 0.3) is 0 Å². The lowest BCUT2D eigenvalue weighted by atomic mass is 9.77. The summed E-state index contributed by atoms with van der Waals surface area (Å²) in [6.07, 6.45) is 3.60. The van der Waals surface area contributed by atoms with E-state index < -0.39 is 23.4 Å². The maximum Gasteiger partial charge on any atom is 0.328 e. The number of carbonyl (C=O) groups is 3. The van der Waals surface area contributed by atoms with Gasteiger partial charge in [-0.1, -0.05) is 43.2 Å². The van der Waals surface area contributed by atoms with Crippen LogP contribution in [0.4, 0.5) is 0 Å². The molecular formula is C19H25NO5. The first-order valence-electron chi connectivity index (χ1n) is 8.54. The third-order valence-corrected chi connectivity index (χ3v) is 4.87. The van der Waals surface area contributed by atoms with Crippen LogP contribution in [0.5, 0.6) is 0 Å². The topological polar surface area (TPSA) is 81.7 Å². The Balaban J connectivity index is 2.17. The van der Waals surface area contributed by atoms with Crippen LogP contribution >= 0.6 is 0 Å². The highest BCUT2D eigenvalue weighted by molar-refractivity contribution is 5.92. The number of esters is 2. The van der Waals surface area contributed by atoms with Crippen LogP contribution in [0.1, 0.15) is 44.1 Å². The summed E-state index contributed by atoms with van der Waals surface area (Å²) in [5.74, 6) is -1.17. The number of hydrogen-bond donors (Lipinski definition) is 1. The third kappa shape index (κ3) is 4.38. The van der Waals surface area contributed by atoms with Crippen LogP contribution in [-0.4, -0.2) is 38.1 Å². The molecule has 25 heavy (non-hydrogen) atoms. The Morgan fingerprint density at radius 2 is 1.72 bits per heavy atom. The molecule has 0 radical (unpaired) electrons. The van der Waals surface area contributed by atoms with Crippen molar-refractivity contribution in [2.75, 3.05) is 14.2 Å². The predicted molar refractivity (Wildman–Crippen MR) is 91.8 cm³/mol. The zero-order valence-corrected chi connectivity index (χ0v) is 14.7. The molecule has 1 aliphatic carbocycles. The number of amides is 1. The molecule has 1 aromatic carbocycles. The number of methoxy groups -OCH3 is 2. The second-order valence-corrected chi connectivity index (χ2v) is 6.32. The van der Waals surface area contributed by atoms with Crippen LogP contribution < -0.4 is 5.32 Å². The van der Waals surface area contributed by atoms with Gasteiger partial charge in [-0.25, -0.2) is 4.79 Å². The van der Waals surface area contributed by atoms with Crippen molar-refractivity contribution in [3.05, 3.63) is 35.9 Å². The van der Waals surface area contributed by atoms with Gasteiger partial charge in [-0.05, 0) is 24.8 Å². The number of nitrogens with one attached hydrogen (secondary N) is 1. The SMILES string of the molecule is COC(=O)CC[C@H](NC(=O)C1(c2ccccc2)CCCC1)C(=O)OC. The van der Waals surface area contributed by atoms with Gasteiger partial charge in [0.05, 0.1) is 19.6 Å². The van der Waals surface area contributed by atoms with Crippen molar-refractivity contribution in [1.82, 2.24) is 5.32 Å². The van der Waals surface area contributed by atoms with E-state index in [2.05, 4.69) is 10.1 Å². The molecule has 1 N–H and O–H groups in total. The molecule has 6 nitrogen and oxygen atoms in total. The molecule has 6 heteroatoms. The number of ether oxygens (including phenoxy) is 2. The van der Waals surface area contributed by atoms with Gasteiger partial charge in [0.15, 0.2) is 0 Å². The zero-order chi connectivity index (χ0) is 18.3. The molecule has 0 saturated heterocycles. The summed E-state index contributed by atoms with van der Waals surface area (Å²) in [5, 5.41) is 2.81. The van der Waals surface area contributed by atoms with E-state index in [1.807, 2.05) is 30.3 Å². The van der Waals surface area contributed by atoms with E-state index in [9.17, 15) is 14.4 Å². The lowest BCUT2D eigenvalue weighted by Crippen LogP contribution is -2.50. The third-order valence-electron chi connectivity index (χ3n) is 4.87. The van der Waals surface area contributed by atoms with E-state index in [1.54, 1.807) is 0 Å². The molecule has 0 spiro atoms. The fourth-order valence-electron chi connectivity index (χ4n) is 3.43. The molecule has 1 atom stereocenters. The molecule has 1 amide bonds. The highest BCUT2D eigenvalue weighted by Crippen LogP contribution is 2.41. The van der Waals surface area contributed by atoms with Gasteiger partial charge in [-0.3, -0.25) is 9.59 Å². The fourth-order valence-corrected chi connectivity index (χ4v) is 3.43. The first kappa shape index (κ1) is 19.0. The summed E-state index contributed by atoms with van der Waals surface area (Å²) in [6, 6.07) is 8.78. The standard InChI is InChI=1S/C19H25NO5/c1-24-16(21)11-10-15(17(22)25-2)20-18(23)19(12-6-7-13-19)14-8-4-3-5-9-14/h3-5,8-9,15H,6-7,10-13H2,1-2H3,(H,20,23)/t15-/m0/s1. The second-order valence-electron chi connectivity index (χ2n) is 6.32. The van der Waals surface area contributed by atoms with Crippen LogP contribution in [0.2, 0.25) is 0 Å². The number of hydrogen-bond acceptors (Lipinski definition) is 5. The summed E-state index contributed by atoms with van der Waals surface area (Å²) in [6.45, 7) is 0. The Kier molecular flexibility index (Phi) is 6.56. The van der Waals surface area contributed by atoms with Crippen LogP contribution in [0.3, 0.4) is 0 Å². The van der Waals surface area contributed by atoms with E-state index >= 15 is 0 Å². The molecule has 2 rings (SSSR count). The Bertz CT molecular complexity index is 608. The van der Waals surface area contributed by atoms with Crippen molar-refractivity contribution in [2.45, 2.75) is 50.0 Å². The maximum absolute atomic E-state index is 13.1. The monoisotopic (exact) mass is 347 g/mol. The minimum absolute atomic E-state index is 0.0366. The van der Waals surface area contributed by atoms with E-state index in [0.29, 0.717) is 0 Å². The lowest BCUT2D eigenvalue weighted by molar-refractivity contribution is -0.147. The lowest BCUT2D eigenvalue weighted by Gasteiger charge is -2.30. The molecule has 0 aromatic heterocycles. The van der Waals surface area contributed by atoms with Crippen LogP contribution in [0.15, 0.2) is 30.3 Å². The van der Waals surface area contributed by atoms with E-state index in [-0.39, 0.29) is 18.7 Å². The van der Waals surface area contributed by atoms with Gasteiger partial charge in [0.1, 0.15) is 6.04 Å².